The highest BCUT2D eigenvalue weighted by Gasteiger charge is 2.31. The van der Waals surface area contributed by atoms with Gasteiger partial charge < -0.3 is 0 Å². The Hall–Kier alpha value is -0.0500. The van der Waals surface area contributed by atoms with Gasteiger partial charge >= 0.3 is 0 Å². The molecule has 1 fully saturated rings. The minimum Gasteiger partial charge on any atom is -0.294 e. The molecule has 1 aromatic heterocycles. The predicted molar refractivity (Wildman–Crippen MR) is 74.3 cm³/mol. The van der Waals surface area contributed by atoms with Crippen molar-refractivity contribution in [1.82, 2.24) is 0 Å². The van der Waals surface area contributed by atoms with E-state index in [0.717, 1.165) is 25.2 Å². The summed E-state index contributed by atoms with van der Waals surface area (Å²) in [5.74, 6) is 1.65. The van der Waals surface area contributed by atoms with Crippen LogP contribution >= 0.6 is 34.5 Å². The molecule has 0 aliphatic heterocycles. The summed E-state index contributed by atoms with van der Waals surface area (Å²) in [6.07, 6.45) is 3.09. The van der Waals surface area contributed by atoms with Crippen LogP contribution in [0.15, 0.2) is 6.07 Å². The SMILES string of the molecule is CC1CCC(C(=O)c2cc(Cl)sc2Cl)CC1C. The van der Waals surface area contributed by atoms with E-state index in [1.165, 1.54) is 11.3 Å². The molecule has 2 rings (SSSR count). The lowest BCUT2D eigenvalue weighted by molar-refractivity contribution is 0.0838. The number of thiophene rings is 1. The second-order valence-electron chi connectivity index (χ2n) is 5.07. The lowest BCUT2D eigenvalue weighted by Gasteiger charge is -2.31. The highest BCUT2D eigenvalue weighted by atomic mass is 35.5. The van der Waals surface area contributed by atoms with Crippen molar-refractivity contribution in [2.75, 3.05) is 0 Å². The Morgan fingerprint density at radius 1 is 1.29 bits per heavy atom. The molecule has 94 valence electrons. The first kappa shape index (κ1) is 13.4. The standard InChI is InChI=1S/C13H16Cl2OS/c1-7-3-4-9(5-8(7)2)12(16)10-6-11(14)17-13(10)15/h6-9H,3-5H2,1-2H3. The van der Waals surface area contributed by atoms with E-state index in [9.17, 15) is 4.79 Å². The summed E-state index contributed by atoms with van der Waals surface area (Å²) in [6, 6.07) is 1.71. The Kier molecular flexibility index (Phi) is 4.17. The number of rotatable bonds is 2. The zero-order valence-corrected chi connectivity index (χ0v) is 12.3. The molecule has 1 saturated carbocycles. The Labute approximate surface area is 116 Å². The van der Waals surface area contributed by atoms with E-state index in [-0.39, 0.29) is 11.7 Å². The fourth-order valence-corrected chi connectivity index (χ4v) is 3.99. The quantitative estimate of drug-likeness (QED) is 0.675. The first-order valence-corrected chi connectivity index (χ1v) is 7.55. The summed E-state index contributed by atoms with van der Waals surface area (Å²) >= 11 is 13.2. The van der Waals surface area contributed by atoms with E-state index in [1.807, 2.05) is 0 Å². The normalized spacial score (nSPS) is 29.3. The Balaban J connectivity index is 2.13. The monoisotopic (exact) mass is 290 g/mol. The zero-order valence-electron chi connectivity index (χ0n) is 10.0. The van der Waals surface area contributed by atoms with Crippen LogP contribution in [-0.4, -0.2) is 5.78 Å². The third-order valence-corrected chi connectivity index (χ3v) is 5.38. The lowest BCUT2D eigenvalue weighted by Crippen LogP contribution is -2.26. The van der Waals surface area contributed by atoms with Crippen LogP contribution in [0.1, 0.15) is 43.5 Å². The molecule has 0 saturated heterocycles. The molecule has 1 nitrogen and oxygen atoms in total. The summed E-state index contributed by atoms with van der Waals surface area (Å²) < 4.78 is 1.13. The second-order valence-corrected chi connectivity index (χ2v) is 7.35. The summed E-state index contributed by atoms with van der Waals surface area (Å²) in [6.45, 7) is 4.49. The smallest absolute Gasteiger partial charge is 0.168 e. The second kappa shape index (κ2) is 5.29. The molecule has 0 N–H and O–H groups in total. The molecule has 0 bridgehead atoms. The van der Waals surface area contributed by atoms with E-state index in [2.05, 4.69) is 13.8 Å². The molecule has 1 aromatic rings. The van der Waals surface area contributed by atoms with Crippen LogP contribution in [0.4, 0.5) is 0 Å². The topological polar surface area (TPSA) is 17.1 Å². The van der Waals surface area contributed by atoms with E-state index in [0.29, 0.717) is 20.2 Å². The molecule has 1 aliphatic rings. The van der Waals surface area contributed by atoms with Gasteiger partial charge in [0, 0.05) is 11.5 Å². The Bertz CT molecular complexity index is 427. The molecule has 0 aromatic carbocycles. The van der Waals surface area contributed by atoms with E-state index in [4.69, 9.17) is 23.2 Å². The van der Waals surface area contributed by atoms with Gasteiger partial charge in [-0.25, -0.2) is 0 Å². The van der Waals surface area contributed by atoms with Gasteiger partial charge in [-0.1, -0.05) is 37.0 Å². The summed E-state index contributed by atoms with van der Waals surface area (Å²) in [7, 11) is 0. The van der Waals surface area contributed by atoms with Crippen molar-refractivity contribution in [1.29, 1.82) is 0 Å². The maximum absolute atomic E-state index is 12.3. The van der Waals surface area contributed by atoms with Gasteiger partial charge in [0.25, 0.3) is 0 Å². The van der Waals surface area contributed by atoms with Crippen LogP contribution in [-0.2, 0) is 0 Å². The van der Waals surface area contributed by atoms with Crippen molar-refractivity contribution >= 4 is 40.3 Å². The molecule has 1 aliphatic carbocycles. The fourth-order valence-electron chi connectivity index (χ4n) is 2.51. The van der Waals surface area contributed by atoms with Crippen molar-refractivity contribution in [3.63, 3.8) is 0 Å². The summed E-state index contributed by atoms with van der Waals surface area (Å²) in [5, 5.41) is 0. The van der Waals surface area contributed by atoms with Crippen LogP contribution < -0.4 is 0 Å². The maximum Gasteiger partial charge on any atom is 0.168 e. The van der Waals surface area contributed by atoms with Crippen molar-refractivity contribution in [2.45, 2.75) is 33.1 Å². The zero-order chi connectivity index (χ0) is 12.6. The molecule has 0 spiro atoms. The highest BCUT2D eigenvalue weighted by Crippen LogP contribution is 2.38. The van der Waals surface area contributed by atoms with Crippen LogP contribution in [0.3, 0.4) is 0 Å². The van der Waals surface area contributed by atoms with Gasteiger partial charge in [0.2, 0.25) is 0 Å². The Morgan fingerprint density at radius 2 is 2.00 bits per heavy atom. The number of carbonyl (C=O) groups excluding carboxylic acids is 1. The number of halogens is 2. The van der Waals surface area contributed by atoms with Gasteiger partial charge in [-0.15, -0.1) is 11.3 Å². The van der Waals surface area contributed by atoms with E-state index < -0.39 is 0 Å². The van der Waals surface area contributed by atoms with Crippen LogP contribution in [0, 0.1) is 17.8 Å². The average Bonchev–Trinajstić information content (AvgIpc) is 2.61. The van der Waals surface area contributed by atoms with Crippen molar-refractivity contribution in [3.05, 3.63) is 20.3 Å². The summed E-state index contributed by atoms with van der Waals surface area (Å²) in [4.78, 5) is 12.3. The number of carbonyl (C=O) groups is 1. The third kappa shape index (κ3) is 2.86. The van der Waals surface area contributed by atoms with Gasteiger partial charge in [-0.05, 0) is 37.2 Å². The fraction of sp³-hybridized carbons (Fsp3) is 0.615. The van der Waals surface area contributed by atoms with E-state index >= 15 is 0 Å². The van der Waals surface area contributed by atoms with Gasteiger partial charge in [-0.2, -0.15) is 0 Å². The largest absolute Gasteiger partial charge is 0.294 e. The average molecular weight is 291 g/mol. The van der Waals surface area contributed by atoms with Crippen molar-refractivity contribution < 1.29 is 4.79 Å². The molecule has 0 radical (unpaired) electrons. The molecule has 3 atom stereocenters. The van der Waals surface area contributed by atoms with Crippen LogP contribution in [0.2, 0.25) is 8.67 Å². The van der Waals surface area contributed by atoms with Gasteiger partial charge in [0.05, 0.1) is 4.34 Å². The molecule has 3 unspecified atom stereocenters. The third-order valence-electron chi connectivity index (χ3n) is 3.89. The minimum atomic E-state index is 0.129. The van der Waals surface area contributed by atoms with Gasteiger partial charge in [-0.3, -0.25) is 4.79 Å². The molecule has 17 heavy (non-hydrogen) atoms. The molecular weight excluding hydrogens is 275 g/mol. The minimum absolute atomic E-state index is 0.129. The highest BCUT2D eigenvalue weighted by molar-refractivity contribution is 7.20. The van der Waals surface area contributed by atoms with Crippen LogP contribution in [0.5, 0.6) is 0 Å². The summed E-state index contributed by atoms with van der Waals surface area (Å²) in [5.41, 5.74) is 0.619. The van der Waals surface area contributed by atoms with Gasteiger partial charge in [0.15, 0.2) is 5.78 Å². The maximum atomic E-state index is 12.3. The van der Waals surface area contributed by atoms with Crippen molar-refractivity contribution in [3.8, 4) is 0 Å². The number of Topliss-reactive ketones (excluding diaryl/α,β-unsaturated/α-hetero) is 1. The molecule has 4 heteroatoms. The first-order chi connectivity index (χ1) is 7.99. The van der Waals surface area contributed by atoms with Gasteiger partial charge in [0.1, 0.15) is 4.34 Å². The molecule has 0 amide bonds. The van der Waals surface area contributed by atoms with E-state index in [1.54, 1.807) is 6.07 Å². The Morgan fingerprint density at radius 3 is 2.53 bits per heavy atom. The number of hydrogen-bond donors (Lipinski definition) is 0. The number of hydrogen-bond acceptors (Lipinski definition) is 2. The van der Waals surface area contributed by atoms with Crippen LogP contribution in [0.25, 0.3) is 0 Å². The van der Waals surface area contributed by atoms with Crippen molar-refractivity contribution in [2.24, 2.45) is 17.8 Å². The number of ketones is 1. The molecular formula is C13H16Cl2OS. The lowest BCUT2D eigenvalue weighted by atomic mass is 9.73. The first-order valence-electron chi connectivity index (χ1n) is 5.98. The predicted octanol–water partition coefficient (Wildman–Crippen LogP) is 5.31. The molecule has 1 heterocycles.